The third-order valence-electron chi connectivity index (χ3n) is 2.46. The molecule has 2 N–H and O–H groups in total. The van der Waals surface area contributed by atoms with Crippen LogP contribution in [0.3, 0.4) is 0 Å². The standard InChI is InChI=1S/C13H8F3NO.C2H6/c14-8-3-1-7(2-4-8)13(18)11-10(17)6-5-9(15)12(11)16;1-2/h1-6H,17H2;1-2H3. The minimum absolute atomic E-state index is 0.0348. The first-order valence-electron chi connectivity index (χ1n) is 6.04. The smallest absolute Gasteiger partial charge is 0.198 e. The van der Waals surface area contributed by atoms with Crippen molar-refractivity contribution in [2.24, 2.45) is 0 Å². The van der Waals surface area contributed by atoms with Gasteiger partial charge in [0.15, 0.2) is 17.4 Å². The largest absolute Gasteiger partial charge is 0.398 e. The van der Waals surface area contributed by atoms with Crippen LogP contribution in [0.2, 0.25) is 0 Å². The Kier molecular flexibility index (Phi) is 5.32. The number of rotatable bonds is 2. The summed E-state index contributed by atoms with van der Waals surface area (Å²) in [4.78, 5) is 11.9. The number of hydrogen-bond acceptors (Lipinski definition) is 2. The van der Waals surface area contributed by atoms with Crippen LogP contribution in [0.5, 0.6) is 0 Å². The van der Waals surface area contributed by atoms with Crippen molar-refractivity contribution in [3.63, 3.8) is 0 Å². The van der Waals surface area contributed by atoms with E-state index in [1.807, 2.05) is 13.8 Å². The van der Waals surface area contributed by atoms with Crippen LogP contribution in [0.15, 0.2) is 36.4 Å². The Morgan fingerprint density at radius 1 is 0.950 bits per heavy atom. The predicted octanol–water partition coefficient (Wildman–Crippen LogP) is 3.94. The summed E-state index contributed by atoms with van der Waals surface area (Å²) in [7, 11) is 0. The molecule has 0 aliphatic heterocycles. The van der Waals surface area contributed by atoms with Gasteiger partial charge in [0.2, 0.25) is 0 Å². The molecule has 0 saturated carbocycles. The third-order valence-corrected chi connectivity index (χ3v) is 2.46. The molecule has 2 aromatic carbocycles. The van der Waals surface area contributed by atoms with E-state index in [2.05, 4.69) is 0 Å². The van der Waals surface area contributed by atoms with Gasteiger partial charge in [-0.05, 0) is 36.4 Å². The van der Waals surface area contributed by atoms with Crippen molar-refractivity contribution in [3.8, 4) is 0 Å². The highest BCUT2D eigenvalue weighted by atomic mass is 19.2. The summed E-state index contributed by atoms with van der Waals surface area (Å²) in [6, 6.07) is 6.42. The van der Waals surface area contributed by atoms with Gasteiger partial charge in [-0.3, -0.25) is 4.79 Å². The van der Waals surface area contributed by atoms with Crippen molar-refractivity contribution in [2.45, 2.75) is 13.8 Å². The van der Waals surface area contributed by atoms with E-state index in [1.54, 1.807) is 0 Å². The van der Waals surface area contributed by atoms with Crippen molar-refractivity contribution < 1.29 is 18.0 Å². The molecule has 0 unspecified atom stereocenters. The number of benzene rings is 2. The minimum atomic E-state index is -1.30. The van der Waals surface area contributed by atoms with Crippen LogP contribution in [0, 0.1) is 17.5 Å². The molecule has 0 radical (unpaired) electrons. The fourth-order valence-corrected chi connectivity index (χ4v) is 1.54. The summed E-state index contributed by atoms with van der Waals surface area (Å²) >= 11 is 0. The van der Waals surface area contributed by atoms with Gasteiger partial charge in [0.25, 0.3) is 0 Å². The topological polar surface area (TPSA) is 43.1 Å². The van der Waals surface area contributed by atoms with Crippen LogP contribution >= 0.6 is 0 Å². The maximum absolute atomic E-state index is 13.5. The molecule has 2 aromatic rings. The Hall–Kier alpha value is -2.30. The van der Waals surface area contributed by atoms with E-state index in [0.717, 1.165) is 24.3 Å². The average molecular weight is 281 g/mol. The summed E-state index contributed by atoms with van der Waals surface area (Å²) in [5.74, 6) is -3.78. The van der Waals surface area contributed by atoms with Crippen molar-refractivity contribution in [3.05, 3.63) is 65.0 Å². The maximum Gasteiger partial charge on any atom is 0.198 e. The molecule has 0 aliphatic rings. The predicted molar refractivity (Wildman–Crippen MR) is 72.0 cm³/mol. The van der Waals surface area contributed by atoms with Crippen molar-refractivity contribution in [2.75, 3.05) is 5.73 Å². The molecule has 0 spiro atoms. The Labute approximate surface area is 115 Å². The number of anilines is 1. The molecule has 5 heteroatoms. The highest BCUT2D eigenvalue weighted by Gasteiger charge is 2.20. The lowest BCUT2D eigenvalue weighted by Gasteiger charge is -2.07. The van der Waals surface area contributed by atoms with Gasteiger partial charge in [0.05, 0.1) is 5.56 Å². The van der Waals surface area contributed by atoms with Gasteiger partial charge in [-0.1, -0.05) is 13.8 Å². The normalized spacial score (nSPS) is 9.65. The molecule has 0 aliphatic carbocycles. The first-order valence-corrected chi connectivity index (χ1v) is 6.04. The van der Waals surface area contributed by atoms with Crippen LogP contribution < -0.4 is 5.73 Å². The number of nitrogens with two attached hydrogens (primary N) is 1. The Morgan fingerprint density at radius 2 is 1.50 bits per heavy atom. The van der Waals surface area contributed by atoms with Gasteiger partial charge in [-0.2, -0.15) is 0 Å². The van der Waals surface area contributed by atoms with Crippen LogP contribution in [-0.4, -0.2) is 5.78 Å². The molecular weight excluding hydrogens is 267 g/mol. The van der Waals surface area contributed by atoms with Crippen LogP contribution in [0.4, 0.5) is 18.9 Å². The highest BCUT2D eigenvalue weighted by Crippen LogP contribution is 2.22. The van der Waals surface area contributed by atoms with E-state index in [0.29, 0.717) is 0 Å². The summed E-state index contributed by atoms with van der Waals surface area (Å²) in [5, 5.41) is 0. The molecule has 2 rings (SSSR count). The number of halogens is 3. The van der Waals surface area contributed by atoms with E-state index in [9.17, 15) is 18.0 Å². The molecule has 0 aromatic heterocycles. The fraction of sp³-hybridized carbons (Fsp3) is 0.133. The molecule has 0 atom stereocenters. The Balaban J connectivity index is 0.000000956. The third kappa shape index (κ3) is 3.17. The number of carbonyl (C=O) groups is 1. The van der Waals surface area contributed by atoms with Crippen molar-refractivity contribution in [1.82, 2.24) is 0 Å². The van der Waals surface area contributed by atoms with Gasteiger partial charge in [-0.15, -0.1) is 0 Å². The summed E-state index contributed by atoms with van der Waals surface area (Å²) < 4.78 is 39.3. The number of carbonyl (C=O) groups excluding carboxylic acids is 1. The van der Waals surface area contributed by atoms with E-state index in [1.165, 1.54) is 12.1 Å². The van der Waals surface area contributed by atoms with Gasteiger partial charge < -0.3 is 5.73 Å². The minimum Gasteiger partial charge on any atom is -0.398 e. The van der Waals surface area contributed by atoms with E-state index >= 15 is 0 Å². The maximum atomic E-state index is 13.5. The van der Waals surface area contributed by atoms with Crippen molar-refractivity contribution in [1.29, 1.82) is 0 Å². The first kappa shape index (κ1) is 15.8. The number of nitrogen functional groups attached to an aromatic ring is 1. The molecule has 0 saturated heterocycles. The van der Waals surface area contributed by atoms with Gasteiger partial charge >= 0.3 is 0 Å². The highest BCUT2D eigenvalue weighted by molar-refractivity contribution is 6.12. The lowest BCUT2D eigenvalue weighted by molar-refractivity contribution is 0.103. The molecule has 20 heavy (non-hydrogen) atoms. The summed E-state index contributed by atoms with van der Waals surface area (Å²) in [6.45, 7) is 4.00. The zero-order valence-electron chi connectivity index (χ0n) is 11.1. The molecular formula is C15H14F3NO. The summed E-state index contributed by atoms with van der Waals surface area (Å²) in [5.41, 5.74) is 4.79. The SMILES string of the molecule is CC.Nc1ccc(F)c(F)c1C(=O)c1ccc(F)cc1. The Bertz CT molecular complexity index is 609. The lowest BCUT2D eigenvalue weighted by atomic mass is 10.0. The average Bonchev–Trinajstić information content (AvgIpc) is 2.46. The van der Waals surface area contributed by atoms with Crippen molar-refractivity contribution >= 4 is 11.5 Å². The van der Waals surface area contributed by atoms with Crippen LogP contribution in [-0.2, 0) is 0 Å². The monoisotopic (exact) mass is 281 g/mol. The molecule has 0 amide bonds. The van der Waals surface area contributed by atoms with Gasteiger partial charge in [0.1, 0.15) is 5.82 Å². The fourth-order valence-electron chi connectivity index (χ4n) is 1.54. The number of hydrogen-bond donors (Lipinski definition) is 1. The lowest BCUT2D eigenvalue weighted by Crippen LogP contribution is -2.09. The molecule has 0 bridgehead atoms. The van der Waals surface area contributed by atoms with E-state index in [4.69, 9.17) is 5.73 Å². The second-order valence-electron chi connectivity index (χ2n) is 3.66. The summed E-state index contributed by atoms with van der Waals surface area (Å²) in [6.07, 6.45) is 0. The van der Waals surface area contributed by atoms with Crippen LogP contribution in [0.1, 0.15) is 29.8 Å². The van der Waals surface area contributed by atoms with Crippen LogP contribution in [0.25, 0.3) is 0 Å². The zero-order valence-corrected chi connectivity index (χ0v) is 11.1. The second kappa shape index (κ2) is 6.75. The van der Waals surface area contributed by atoms with Gasteiger partial charge in [0, 0.05) is 11.3 Å². The second-order valence-corrected chi connectivity index (χ2v) is 3.66. The first-order chi connectivity index (χ1) is 9.50. The number of ketones is 1. The van der Waals surface area contributed by atoms with Gasteiger partial charge in [-0.25, -0.2) is 13.2 Å². The van der Waals surface area contributed by atoms with E-state index < -0.39 is 28.8 Å². The quantitative estimate of drug-likeness (QED) is 0.669. The van der Waals surface area contributed by atoms with E-state index in [-0.39, 0.29) is 11.3 Å². The molecule has 0 heterocycles. The Morgan fingerprint density at radius 3 is 2.05 bits per heavy atom. The zero-order chi connectivity index (χ0) is 15.3. The molecule has 0 fully saturated rings. The molecule has 2 nitrogen and oxygen atoms in total. The molecule has 106 valence electrons.